The van der Waals surface area contributed by atoms with Gasteiger partial charge >= 0.3 is 0 Å². The predicted molar refractivity (Wildman–Crippen MR) is 68.9 cm³/mol. The lowest BCUT2D eigenvalue weighted by molar-refractivity contribution is 0.100. The zero-order chi connectivity index (χ0) is 13.0. The van der Waals surface area contributed by atoms with Gasteiger partial charge in [0, 0.05) is 25.0 Å². The van der Waals surface area contributed by atoms with E-state index in [1.807, 2.05) is 11.9 Å². The van der Waals surface area contributed by atoms with E-state index in [-0.39, 0.29) is 6.10 Å². The van der Waals surface area contributed by atoms with E-state index in [1.54, 1.807) is 25.1 Å². The van der Waals surface area contributed by atoms with Crippen molar-refractivity contribution in [3.63, 3.8) is 0 Å². The van der Waals surface area contributed by atoms with Crippen LogP contribution in [-0.2, 0) is 0 Å². The van der Waals surface area contributed by atoms with E-state index in [2.05, 4.69) is 0 Å². The maximum atomic E-state index is 11.3. The maximum Gasteiger partial charge on any atom is 0.250 e. The summed E-state index contributed by atoms with van der Waals surface area (Å²) in [5.41, 5.74) is 12.6. The highest BCUT2D eigenvalue weighted by Crippen LogP contribution is 2.22. The van der Waals surface area contributed by atoms with Crippen LogP contribution in [0.5, 0.6) is 0 Å². The Hall–Kier alpha value is -1.75. The molecule has 1 rings (SSSR count). The van der Waals surface area contributed by atoms with Crippen LogP contribution < -0.4 is 16.4 Å². The highest BCUT2D eigenvalue weighted by molar-refractivity contribution is 5.99. The van der Waals surface area contributed by atoms with Crippen LogP contribution in [0.25, 0.3) is 0 Å². The second kappa shape index (κ2) is 5.54. The number of nitrogens with two attached hydrogens (primary N) is 2. The summed E-state index contributed by atoms with van der Waals surface area (Å²) in [7, 11) is 1.85. The molecule has 5 heteroatoms. The van der Waals surface area contributed by atoms with Gasteiger partial charge in [-0.1, -0.05) is 0 Å². The number of rotatable bonds is 5. The third-order valence-electron chi connectivity index (χ3n) is 2.58. The summed E-state index contributed by atoms with van der Waals surface area (Å²) in [6.07, 6.45) is 0.252. The predicted octanol–water partition coefficient (Wildman–Crippen LogP) is 0.575. The lowest BCUT2D eigenvalue weighted by atomic mass is 10.1. The first-order chi connectivity index (χ1) is 7.91. The zero-order valence-electron chi connectivity index (χ0n) is 10.2. The molecule has 0 aliphatic rings. The van der Waals surface area contributed by atoms with E-state index in [1.165, 1.54) is 0 Å². The molecular weight excluding hydrogens is 218 g/mol. The monoisotopic (exact) mass is 237 g/mol. The van der Waals surface area contributed by atoms with Crippen LogP contribution in [0.1, 0.15) is 23.7 Å². The Morgan fingerprint density at radius 1 is 1.53 bits per heavy atom. The topological polar surface area (TPSA) is 92.6 Å². The number of hydrogen-bond acceptors (Lipinski definition) is 4. The maximum absolute atomic E-state index is 11.3. The second-order valence-corrected chi connectivity index (χ2v) is 4.20. The van der Waals surface area contributed by atoms with Gasteiger partial charge in [-0.3, -0.25) is 4.79 Å². The molecular formula is C12H19N3O2. The summed E-state index contributed by atoms with van der Waals surface area (Å²) in [5.74, 6) is -0.504. The van der Waals surface area contributed by atoms with Gasteiger partial charge in [-0.25, -0.2) is 0 Å². The van der Waals surface area contributed by atoms with Crippen molar-refractivity contribution in [2.24, 2.45) is 5.73 Å². The average Bonchev–Trinajstić information content (AvgIpc) is 2.25. The Kier molecular flexibility index (Phi) is 4.34. The molecule has 0 bridgehead atoms. The summed E-state index contributed by atoms with van der Waals surface area (Å²) < 4.78 is 0. The van der Waals surface area contributed by atoms with Crippen LogP contribution in [0, 0.1) is 0 Å². The fraction of sp³-hybridized carbons (Fsp3) is 0.417. The first-order valence-electron chi connectivity index (χ1n) is 5.50. The molecule has 0 saturated heterocycles. The molecule has 0 spiro atoms. The van der Waals surface area contributed by atoms with Gasteiger partial charge in [-0.15, -0.1) is 0 Å². The third-order valence-corrected chi connectivity index (χ3v) is 2.58. The smallest absolute Gasteiger partial charge is 0.250 e. The van der Waals surface area contributed by atoms with Crippen molar-refractivity contribution in [3.8, 4) is 0 Å². The summed E-state index contributed by atoms with van der Waals surface area (Å²) in [6, 6.07) is 5.05. The van der Waals surface area contributed by atoms with E-state index in [9.17, 15) is 9.90 Å². The number of carbonyl (C=O) groups excluding carboxylic acids is 1. The molecule has 0 heterocycles. The minimum Gasteiger partial charge on any atom is -0.399 e. The number of benzene rings is 1. The van der Waals surface area contributed by atoms with Crippen LogP contribution in [-0.4, -0.2) is 30.7 Å². The van der Waals surface area contributed by atoms with E-state index in [4.69, 9.17) is 11.5 Å². The second-order valence-electron chi connectivity index (χ2n) is 4.20. The van der Waals surface area contributed by atoms with Crippen molar-refractivity contribution in [2.45, 2.75) is 19.4 Å². The molecule has 0 aromatic heterocycles. The number of nitrogens with zero attached hydrogens (tertiary/aromatic N) is 1. The highest BCUT2D eigenvalue weighted by atomic mass is 16.3. The molecule has 0 aliphatic carbocycles. The number of anilines is 2. The van der Waals surface area contributed by atoms with E-state index in [0.717, 1.165) is 5.69 Å². The molecule has 1 aromatic rings. The van der Waals surface area contributed by atoms with Crippen LogP contribution in [0.3, 0.4) is 0 Å². The Morgan fingerprint density at radius 3 is 2.71 bits per heavy atom. The number of primary amides is 1. The number of aliphatic hydroxyl groups is 1. The molecule has 0 saturated carbocycles. The van der Waals surface area contributed by atoms with Crippen molar-refractivity contribution < 1.29 is 9.90 Å². The summed E-state index contributed by atoms with van der Waals surface area (Å²) in [6.45, 7) is 2.37. The molecule has 5 N–H and O–H groups in total. The first-order valence-corrected chi connectivity index (χ1v) is 5.50. The van der Waals surface area contributed by atoms with Gasteiger partial charge in [0.25, 0.3) is 5.91 Å². The van der Waals surface area contributed by atoms with Crippen molar-refractivity contribution >= 4 is 17.3 Å². The minimum absolute atomic E-state index is 0.372. The molecule has 5 nitrogen and oxygen atoms in total. The molecule has 17 heavy (non-hydrogen) atoms. The average molecular weight is 237 g/mol. The number of aliphatic hydroxyl groups excluding tert-OH is 1. The summed E-state index contributed by atoms with van der Waals surface area (Å²) in [4.78, 5) is 13.2. The van der Waals surface area contributed by atoms with Gasteiger partial charge in [-0.2, -0.15) is 0 Å². The molecule has 0 radical (unpaired) electrons. The quantitative estimate of drug-likeness (QED) is 0.653. The fourth-order valence-electron chi connectivity index (χ4n) is 1.58. The van der Waals surface area contributed by atoms with Gasteiger partial charge in [-0.05, 0) is 31.5 Å². The van der Waals surface area contributed by atoms with Gasteiger partial charge in [0.15, 0.2) is 0 Å². The van der Waals surface area contributed by atoms with Crippen LogP contribution in [0.2, 0.25) is 0 Å². The van der Waals surface area contributed by atoms with Crippen molar-refractivity contribution in [2.75, 3.05) is 24.2 Å². The van der Waals surface area contributed by atoms with Crippen molar-refractivity contribution in [3.05, 3.63) is 23.8 Å². The Morgan fingerprint density at radius 2 is 2.18 bits per heavy atom. The normalized spacial score (nSPS) is 12.2. The SMILES string of the molecule is CC(O)CCN(C)c1ccc(N)cc1C(N)=O. The van der Waals surface area contributed by atoms with Crippen LogP contribution in [0.4, 0.5) is 11.4 Å². The highest BCUT2D eigenvalue weighted by Gasteiger charge is 2.12. The van der Waals surface area contributed by atoms with Gasteiger partial charge in [0.1, 0.15) is 0 Å². The number of carbonyl (C=O) groups is 1. The van der Waals surface area contributed by atoms with Gasteiger partial charge < -0.3 is 21.5 Å². The molecule has 94 valence electrons. The van der Waals surface area contributed by atoms with E-state index in [0.29, 0.717) is 24.2 Å². The molecule has 0 fully saturated rings. The van der Waals surface area contributed by atoms with Gasteiger partial charge in [0.05, 0.1) is 11.7 Å². The van der Waals surface area contributed by atoms with Crippen molar-refractivity contribution in [1.82, 2.24) is 0 Å². The zero-order valence-corrected chi connectivity index (χ0v) is 10.2. The standard InChI is InChI=1S/C12H19N3O2/c1-8(16)5-6-15(2)11-4-3-9(13)7-10(11)12(14)17/h3-4,7-8,16H,5-6,13H2,1-2H3,(H2,14,17). The largest absolute Gasteiger partial charge is 0.399 e. The Bertz CT molecular complexity index is 405. The fourth-order valence-corrected chi connectivity index (χ4v) is 1.58. The number of nitrogen functional groups attached to an aromatic ring is 1. The summed E-state index contributed by atoms with van der Waals surface area (Å²) >= 11 is 0. The van der Waals surface area contributed by atoms with Crippen LogP contribution in [0.15, 0.2) is 18.2 Å². The molecule has 1 unspecified atom stereocenters. The Balaban J connectivity index is 2.92. The third kappa shape index (κ3) is 3.64. The van der Waals surface area contributed by atoms with E-state index >= 15 is 0 Å². The number of hydrogen-bond donors (Lipinski definition) is 3. The van der Waals surface area contributed by atoms with Crippen molar-refractivity contribution in [1.29, 1.82) is 0 Å². The molecule has 0 aliphatic heterocycles. The first kappa shape index (κ1) is 13.3. The lowest BCUT2D eigenvalue weighted by Gasteiger charge is -2.22. The summed E-state index contributed by atoms with van der Waals surface area (Å²) in [5, 5.41) is 9.23. The molecule has 1 atom stereocenters. The lowest BCUT2D eigenvalue weighted by Crippen LogP contribution is -2.25. The van der Waals surface area contributed by atoms with Gasteiger partial charge in [0.2, 0.25) is 0 Å². The minimum atomic E-state index is -0.504. The molecule has 1 amide bonds. The van der Waals surface area contributed by atoms with Crippen LogP contribution >= 0.6 is 0 Å². The number of amides is 1. The molecule has 1 aromatic carbocycles. The van der Waals surface area contributed by atoms with E-state index < -0.39 is 5.91 Å². The Labute approximate surface area is 101 Å².